The van der Waals surface area contributed by atoms with Crippen molar-refractivity contribution in [2.75, 3.05) is 6.61 Å². The molecule has 0 radical (unpaired) electrons. The molecule has 0 saturated heterocycles. The summed E-state index contributed by atoms with van der Waals surface area (Å²) >= 11 is 0. The van der Waals surface area contributed by atoms with Crippen LogP contribution in [0.3, 0.4) is 0 Å². The average molecular weight is 318 g/mol. The minimum atomic E-state index is -4.54. The number of carbonyl (C=O) groups excluding carboxylic acids is 1. The summed E-state index contributed by atoms with van der Waals surface area (Å²) in [7, 11) is 0. The van der Waals surface area contributed by atoms with Gasteiger partial charge in [-0.25, -0.2) is 0 Å². The van der Waals surface area contributed by atoms with Gasteiger partial charge in [0.1, 0.15) is 5.76 Å². The summed E-state index contributed by atoms with van der Waals surface area (Å²) in [5.41, 5.74) is -1.61. The van der Waals surface area contributed by atoms with Crippen LogP contribution in [0.1, 0.15) is 33.1 Å². The number of alkyl halides is 3. The molecule has 0 aromatic carbocycles. The van der Waals surface area contributed by atoms with Crippen LogP contribution in [0.25, 0.3) is 0 Å². The van der Waals surface area contributed by atoms with Crippen molar-refractivity contribution >= 4 is 5.97 Å². The van der Waals surface area contributed by atoms with Gasteiger partial charge in [-0.05, 0) is 43.6 Å². The van der Waals surface area contributed by atoms with Gasteiger partial charge in [-0.3, -0.25) is 4.79 Å². The Bertz CT molecular complexity index is 497. The smallest absolute Gasteiger partial charge is 0.428 e. The van der Waals surface area contributed by atoms with Crippen molar-refractivity contribution in [3.8, 4) is 0 Å². The van der Waals surface area contributed by atoms with E-state index in [0.29, 0.717) is 30.8 Å². The summed E-state index contributed by atoms with van der Waals surface area (Å²) in [6.07, 6.45) is -3.94. The number of carbonyl (C=O) groups is 1. The van der Waals surface area contributed by atoms with E-state index in [-0.39, 0.29) is 18.3 Å². The lowest BCUT2D eigenvalue weighted by Gasteiger charge is -2.40. The molecule has 4 unspecified atom stereocenters. The largest absolute Gasteiger partial charge is 0.494 e. The van der Waals surface area contributed by atoms with Crippen molar-refractivity contribution in [3.05, 3.63) is 24.5 Å². The summed E-state index contributed by atoms with van der Waals surface area (Å²) in [4.78, 5) is 11.1. The van der Waals surface area contributed by atoms with Gasteiger partial charge in [0.2, 0.25) is 5.60 Å². The fourth-order valence-electron chi connectivity index (χ4n) is 3.72. The van der Waals surface area contributed by atoms with Crippen LogP contribution >= 0.6 is 0 Å². The number of allylic oxidation sites excluding steroid dienone is 1. The van der Waals surface area contributed by atoms with E-state index in [0.717, 1.165) is 6.92 Å². The Kier molecular flexibility index (Phi) is 4.33. The molecule has 4 atom stereocenters. The van der Waals surface area contributed by atoms with Crippen molar-refractivity contribution in [2.45, 2.75) is 44.9 Å². The first-order chi connectivity index (χ1) is 10.1. The topological polar surface area (TPSA) is 35.5 Å². The Morgan fingerprint density at radius 1 is 1.27 bits per heavy atom. The third-order valence-electron chi connectivity index (χ3n) is 4.82. The van der Waals surface area contributed by atoms with Crippen molar-refractivity contribution < 1.29 is 27.4 Å². The molecule has 6 heteroatoms. The minimum absolute atomic E-state index is 0.0344. The molecule has 2 bridgehead atoms. The van der Waals surface area contributed by atoms with Gasteiger partial charge in [0, 0.05) is 12.8 Å². The number of fused-ring (bicyclic) bond motifs is 2. The number of hydrogen-bond acceptors (Lipinski definition) is 3. The zero-order chi connectivity index (χ0) is 16.7. The molecular weight excluding hydrogens is 297 g/mol. The van der Waals surface area contributed by atoms with Crippen LogP contribution < -0.4 is 0 Å². The number of halogens is 3. The van der Waals surface area contributed by atoms with Gasteiger partial charge in [-0.15, -0.1) is 0 Å². The lowest BCUT2D eigenvalue weighted by atomic mass is 9.78. The fraction of sp³-hybridized carbons (Fsp3) is 0.688. The summed E-state index contributed by atoms with van der Waals surface area (Å²) in [6.45, 7) is 10.5. The van der Waals surface area contributed by atoms with Gasteiger partial charge in [-0.1, -0.05) is 13.2 Å². The molecule has 3 nitrogen and oxygen atoms in total. The molecule has 2 fully saturated rings. The molecule has 124 valence electrons. The molecule has 0 amide bonds. The molecule has 2 saturated carbocycles. The monoisotopic (exact) mass is 318 g/mol. The second-order valence-electron chi connectivity index (χ2n) is 6.39. The third kappa shape index (κ3) is 2.88. The molecule has 22 heavy (non-hydrogen) atoms. The standard InChI is InChI=1S/C16H21F3O3/c1-9(2)10(3)21-8-13-6-14-5-12(13)7-15(14,16(17,18)19)22-11(4)20/h12-14H,1,3,5-8H2,2,4H3. The van der Waals surface area contributed by atoms with Gasteiger partial charge in [0.05, 0.1) is 6.61 Å². The average Bonchev–Trinajstić information content (AvgIpc) is 2.91. The zero-order valence-corrected chi connectivity index (χ0v) is 12.8. The predicted octanol–water partition coefficient (Wildman–Crippen LogP) is 4.00. The van der Waals surface area contributed by atoms with Crippen LogP contribution in [0.5, 0.6) is 0 Å². The van der Waals surface area contributed by atoms with Crippen molar-refractivity contribution in [1.29, 1.82) is 0 Å². The van der Waals surface area contributed by atoms with E-state index in [1.807, 2.05) is 0 Å². The molecule has 0 spiro atoms. The number of hydrogen-bond donors (Lipinski definition) is 0. The van der Waals surface area contributed by atoms with Crippen LogP contribution in [0.2, 0.25) is 0 Å². The van der Waals surface area contributed by atoms with Crippen LogP contribution in [-0.4, -0.2) is 24.4 Å². The van der Waals surface area contributed by atoms with E-state index in [4.69, 9.17) is 9.47 Å². The predicted molar refractivity (Wildman–Crippen MR) is 74.8 cm³/mol. The Balaban J connectivity index is 2.05. The highest BCUT2D eigenvalue weighted by Crippen LogP contribution is 2.60. The molecule has 0 aromatic heterocycles. The first-order valence-electron chi connectivity index (χ1n) is 7.30. The van der Waals surface area contributed by atoms with Gasteiger partial charge in [0.15, 0.2) is 0 Å². The van der Waals surface area contributed by atoms with E-state index >= 15 is 0 Å². The summed E-state index contributed by atoms with van der Waals surface area (Å²) in [5, 5.41) is 0. The Hall–Kier alpha value is -1.46. The van der Waals surface area contributed by atoms with Crippen LogP contribution in [0.4, 0.5) is 13.2 Å². The molecule has 0 aromatic rings. The van der Waals surface area contributed by atoms with E-state index < -0.39 is 23.7 Å². The molecule has 0 heterocycles. The lowest BCUT2D eigenvalue weighted by Crippen LogP contribution is -2.53. The summed E-state index contributed by atoms with van der Waals surface area (Å²) in [5.74, 6) is -1.22. The highest BCUT2D eigenvalue weighted by molar-refractivity contribution is 5.66. The van der Waals surface area contributed by atoms with Crippen LogP contribution in [-0.2, 0) is 14.3 Å². The second-order valence-corrected chi connectivity index (χ2v) is 6.39. The van der Waals surface area contributed by atoms with Crippen molar-refractivity contribution in [2.24, 2.45) is 17.8 Å². The van der Waals surface area contributed by atoms with Gasteiger partial charge >= 0.3 is 12.1 Å². The van der Waals surface area contributed by atoms with Gasteiger partial charge in [0.25, 0.3) is 0 Å². The molecule has 0 aliphatic heterocycles. The Morgan fingerprint density at radius 2 is 1.91 bits per heavy atom. The molecule has 2 aliphatic carbocycles. The quantitative estimate of drug-likeness (QED) is 0.436. The summed E-state index contributed by atoms with van der Waals surface area (Å²) in [6, 6.07) is 0. The maximum atomic E-state index is 13.4. The maximum absolute atomic E-state index is 13.4. The van der Waals surface area contributed by atoms with Crippen molar-refractivity contribution in [3.63, 3.8) is 0 Å². The second kappa shape index (κ2) is 5.63. The van der Waals surface area contributed by atoms with Crippen molar-refractivity contribution in [1.82, 2.24) is 0 Å². The van der Waals surface area contributed by atoms with E-state index in [1.54, 1.807) is 6.92 Å². The minimum Gasteiger partial charge on any atom is -0.494 e. The van der Waals surface area contributed by atoms with Gasteiger partial charge < -0.3 is 9.47 Å². The molecule has 2 rings (SSSR count). The van der Waals surface area contributed by atoms with E-state index in [2.05, 4.69) is 13.2 Å². The Labute approximate surface area is 128 Å². The first kappa shape index (κ1) is 16.9. The molecular formula is C16H21F3O3. The fourth-order valence-corrected chi connectivity index (χ4v) is 3.72. The summed E-state index contributed by atoms with van der Waals surface area (Å²) < 4.78 is 50.6. The van der Waals surface area contributed by atoms with Crippen LogP contribution in [0.15, 0.2) is 24.5 Å². The third-order valence-corrected chi connectivity index (χ3v) is 4.82. The van der Waals surface area contributed by atoms with Gasteiger partial charge in [-0.2, -0.15) is 13.2 Å². The van der Waals surface area contributed by atoms with Crippen LogP contribution in [0, 0.1) is 17.8 Å². The lowest BCUT2D eigenvalue weighted by molar-refractivity contribution is -0.287. The normalized spacial score (nSPS) is 33.6. The molecule has 0 N–H and O–H groups in total. The number of esters is 1. The van der Waals surface area contributed by atoms with E-state index in [9.17, 15) is 18.0 Å². The number of ether oxygens (including phenoxy) is 2. The number of rotatable bonds is 5. The SMILES string of the molecule is C=C(C)C(=C)OCC1CC2CC1CC2(OC(C)=O)C(F)(F)F. The highest BCUT2D eigenvalue weighted by atomic mass is 19.4. The Morgan fingerprint density at radius 3 is 2.32 bits per heavy atom. The zero-order valence-electron chi connectivity index (χ0n) is 12.8. The molecule has 2 aliphatic rings. The highest BCUT2D eigenvalue weighted by Gasteiger charge is 2.69. The maximum Gasteiger partial charge on any atom is 0.428 e. The van der Waals surface area contributed by atoms with E-state index in [1.165, 1.54) is 0 Å². The first-order valence-corrected chi connectivity index (χ1v) is 7.30.